The van der Waals surface area contributed by atoms with Crippen LogP contribution >= 0.6 is 0 Å². The van der Waals surface area contributed by atoms with Crippen LogP contribution in [-0.4, -0.2) is 41.7 Å². The lowest BCUT2D eigenvalue weighted by Gasteiger charge is -2.27. The molecule has 0 atom stereocenters. The van der Waals surface area contributed by atoms with Gasteiger partial charge in [-0.05, 0) is 11.6 Å². The van der Waals surface area contributed by atoms with Crippen LogP contribution in [0.4, 0.5) is 5.69 Å². The summed E-state index contributed by atoms with van der Waals surface area (Å²) in [5.74, 6) is 0. The monoisotopic (exact) mass is 330 g/mol. The third kappa shape index (κ3) is 2.35. The van der Waals surface area contributed by atoms with Crippen LogP contribution in [0, 0.1) is 0 Å². The van der Waals surface area contributed by atoms with Gasteiger partial charge in [0.2, 0.25) is 5.65 Å². The van der Waals surface area contributed by atoms with Crippen molar-refractivity contribution < 1.29 is 0 Å². The lowest BCUT2D eigenvalue weighted by Crippen LogP contribution is -2.29. The van der Waals surface area contributed by atoms with Gasteiger partial charge in [0.1, 0.15) is 6.67 Å². The second kappa shape index (κ2) is 5.52. The van der Waals surface area contributed by atoms with Crippen LogP contribution in [0.2, 0.25) is 0 Å². The molecule has 0 radical (unpaired) electrons. The molecule has 3 aromatic heterocycles. The van der Waals surface area contributed by atoms with Crippen LogP contribution in [0.3, 0.4) is 0 Å². The summed E-state index contributed by atoms with van der Waals surface area (Å²) in [6.45, 7) is 1.37. The molecule has 1 aromatic carbocycles. The van der Waals surface area contributed by atoms with Gasteiger partial charge in [-0.25, -0.2) is 14.6 Å². The highest BCUT2D eigenvalue weighted by Crippen LogP contribution is 2.26. The number of rotatable bonds is 3. The molecule has 0 aliphatic carbocycles. The van der Waals surface area contributed by atoms with Gasteiger partial charge in [-0.3, -0.25) is 5.10 Å². The molecule has 0 amide bonds. The first-order chi connectivity index (χ1) is 12.4. The molecule has 1 aliphatic rings. The molecule has 4 heterocycles. The van der Waals surface area contributed by atoms with E-state index in [2.05, 4.69) is 59.7 Å². The number of para-hydroxylation sites is 1. The molecule has 0 fully saturated rings. The van der Waals surface area contributed by atoms with Gasteiger partial charge in [0.15, 0.2) is 5.65 Å². The summed E-state index contributed by atoms with van der Waals surface area (Å²) in [6.07, 6.45) is 9.47. The van der Waals surface area contributed by atoms with Crippen LogP contribution < -0.4 is 4.90 Å². The van der Waals surface area contributed by atoms with Gasteiger partial charge in [0.25, 0.3) is 0 Å². The Kier molecular flexibility index (Phi) is 3.06. The summed E-state index contributed by atoms with van der Waals surface area (Å²) in [5.41, 5.74) is 5.19. The Morgan fingerprint density at radius 3 is 3.04 bits per heavy atom. The van der Waals surface area contributed by atoms with Crippen LogP contribution in [0.1, 0.15) is 5.56 Å². The van der Waals surface area contributed by atoms with E-state index in [9.17, 15) is 0 Å². The highest BCUT2D eigenvalue weighted by Gasteiger charge is 2.16. The Morgan fingerprint density at radius 2 is 2.12 bits per heavy atom. The van der Waals surface area contributed by atoms with Crippen molar-refractivity contribution in [2.24, 2.45) is 0 Å². The third-order valence-corrected chi connectivity index (χ3v) is 4.23. The van der Waals surface area contributed by atoms with Crippen molar-refractivity contribution in [3.63, 3.8) is 0 Å². The minimum atomic E-state index is 0.535. The van der Waals surface area contributed by atoms with Crippen LogP contribution in [-0.2, 0) is 6.67 Å². The number of aromatic amines is 1. The van der Waals surface area contributed by atoms with Crippen LogP contribution in [0.5, 0.6) is 0 Å². The average molecular weight is 330 g/mol. The highest BCUT2D eigenvalue weighted by molar-refractivity contribution is 5.72. The van der Waals surface area contributed by atoms with Gasteiger partial charge in [-0.1, -0.05) is 35.6 Å². The first-order valence-electron chi connectivity index (χ1n) is 7.94. The Hall–Kier alpha value is -3.55. The molecule has 4 aromatic rings. The van der Waals surface area contributed by atoms with Crippen molar-refractivity contribution in [3.05, 3.63) is 54.5 Å². The topological polar surface area (TPSA) is 88.4 Å². The van der Waals surface area contributed by atoms with Gasteiger partial charge < -0.3 is 4.90 Å². The second-order valence-corrected chi connectivity index (χ2v) is 5.80. The molecule has 1 aliphatic heterocycles. The van der Waals surface area contributed by atoms with Crippen molar-refractivity contribution in [2.45, 2.75) is 6.67 Å². The lowest BCUT2D eigenvalue weighted by atomic mass is 10.1. The van der Waals surface area contributed by atoms with E-state index in [1.54, 1.807) is 23.3 Å². The number of fused-ring (bicyclic) bond motifs is 2. The highest BCUT2D eigenvalue weighted by atomic mass is 15.5. The minimum absolute atomic E-state index is 0.535. The molecule has 0 saturated heterocycles. The van der Waals surface area contributed by atoms with Crippen LogP contribution in [0.15, 0.2) is 48.9 Å². The molecule has 0 unspecified atom stereocenters. The fraction of sp³-hybridized carbons (Fsp3) is 0.118. The molecule has 122 valence electrons. The van der Waals surface area contributed by atoms with E-state index in [0.29, 0.717) is 18.0 Å². The third-order valence-electron chi connectivity index (χ3n) is 4.23. The summed E-state index contributed by atoms with van der Waals surface area (Å²) in [5, 5.41) is 15.1. The minimum Gasteiger partial charge on any atom is -0.348 e. The Balaban J connectivity index is 1.53. The van der Waals surface area contributed by atoms with E-state index >= 15 is 0 Å². The molecule has 5 rings (SSSR count). The van der Waals surface area contributed by atoms with Crippen molar-refractivity contribution in [1.29, 1.82) is 0 Å². The number of nitrogens with zero attached hydrogens (tertiary/aromatic N) is 7. The summed E-state index contributed by atoms with van der Waals surface area (Å²) >= 11 is 0. The molecule has 0 saturated carbocycles. The number of hydrogen-bond donors (Lipinski definition) is 1. The molecule has 8 heteroatoms. The fourth-order valence-electron chi connectivity index (χ4n) is 3.00. The summed E-state index contributed by atoms with van der Waals surface area (Å²) in [7, 11) is 0. The van der Waals surface area contributed by atoms with Crippen LogP contribution in [0.25, 0.3) is 28.6 Å². The molecule has 0 spiro atoms. The Morgan fingerprint density at radius 1 is 1.16 bits per heavy atom. The first kappa shape index (κ1) is 13.8. The van der Waals surface area contributed by atoms with Crippen molar-refractivity contribution in [3.8, 4) is 11.3 Å². The standard InChI is InChI=1S/C17H14N8/c1-2-6-15-12(4-1)5-3-7-24(15)11-25-17-16(22-23-25)18-10-14(21-17)13-8-19-20-9-13/h1-6,8-10H,7,11H2,(H,19,20). The summed E-state index contributed by atoms with van der Waals surface area (Å²) in [4.78, 5) is 11.3. The maximum Gasteiger partial charge on any atom is 0.221 e. The molecule has 8 nitrogen and oxygen atoms in total. The quantitative estimate of drug-likeness (QED) is 0.619. The molecule has 0 bridgehead atoms. The predicted molar refractivity (Wildman–Crippen MR) is 93.5 cm³/mol. The summed E-state index contributed by atoms with van der Waals surface area (Å²) < 4.78 is 1.78. The largest absolute Gasteiger partial charge is 0.348 e. The summed E-state index contributed by atoms with van der Waals surface area (Å²) in [6, 6.07) is 8.30. The Labute approximate surface area is 142 Å². The predicted octanol–water partition coefficient (Wildman–Crippen LogP) is 2.10. The van der Waals surface area contributed by atoms with Crippen molar-refractivity contribution >= 4 is 23.1 Å². The van der Waals surface area contributed by atoms with Gasteiger partial charge in [0.05, 0.1) is 18.1 Å². The van der Waals surface area contributed by atoms with Gasteiger partial charge in [-0.15, -0.1) is 5.10 Å². The fourth-order valence-corrected chi connectivity index (χ4v) is 3.00. The smallest absolute Gasteiger partial charge is 0.221 e. The number of nitrogens with one attached hydrogen (secondary N) is 1. The normalized spacial score (nSPS) is 13.4. The number of aromatic nitrogens is 7. The maximum atomic E-state index is 4.67. The zero-order valence-electron chi connectivity index (χ0n) is 13.2. The van der Waals surface area contributed by atoms with E-state index in [1.165, 1.54) is 11.3 Å². The maximum absolute atomic E-state index is 4.67. The SMILES string of the molecule is C1=Cc2ccccc2N(Cn2nnc3ncc(-c4cn[nH]c4)nc32)C1. The number of anilines is 1. The van der Waals surface area contributed by atoms with Crippen molar-refractivity contribution in [1.82, 2.24) is 35.2 Å². The van der Waals surface area contributed by atoms with E-state index in [-0.39, 0.29) is 0 Å². The second-order valence-electron chi connectivity index (χ2n) is 5.80. The van der Waals surface area contributed by atoms with E-state index < -0.39 is 0 Å². The molecule has 1 N–H and O–H groups in total. The van der Waals surface area contributed by atoms with E-state index in [4.69, 9.17) is 0 Å². The lowest BCUT2D eigenvalue weighted by molar-refractivity contribution is 0.583. The molecular weight excluding hydrogens is 316 g/mol. The molecule has 25 heavy (non-hydrogen) atoms. The number of benzene rings is 1. The zero-order valence-corrected chi connectivity index (χ0v) is 13.2. The molecular formula is C17H14N8. The van der Waals surface area contributed by atoms with E-state index in [1.807, 2.05) is 12.1 Å². The Bertz CT molecular complexity index is 1060. The van der Waals surface area contributed by atoms with Gasteiger partial charge in [0, 0.05) is 24.0 Å². The zero-order chi connectivity index (χ0) is 16.6. The van der Waals surface area contributed by atoms with Gasteiger partial charge >= 0.3 is 0 Å². The van der Waals surface area contributed by atoms with Crippen molar-refractivity contribution in [2.75, 3.05) is 11.4 Å². The van der Waals surface area contributed by atoms with Gasteiger partial charge in [-0.2, -0.15) is 5.10 Å². The number of hydrogen-bond acceptors (Lipinski definition) is 6. The number of H-pyrrole nitrogens is 1. The first-order valence-corrected chi connectivity index (χ1v) is 7.94. The van der Waals surface area contributed by atoms with E-state index in [0.717, 1.165) is 17.8 Å². The average Bonchev–Trinajstić information content (AvgIpc) is 3.32.